The standard InChI is InChI=1S/C76H59BN4O2S/c1-47-18-17-25-60-72-70(84-74(47)60)37-36-67-71(72)61-38-49(28-35-66(61)82-67)50-39-65-73-69(40-50)83-68-45-58(79(53-19-11-8-12-20-53)54-21-13-9-14-22-54)32-34-63(68)77(73)62-33-31-57(80(55-23-15-10-16-24-55)56-29-26-48(46-78)27-30-56)44-64(62)81(65)59-42-51(75(2,3)4)41-52(43-59)76(5,6)7/h8-45H,1-7H3. The molecule has 0 N–H and O–H groups in total. The molecule has 84 heavy (non-hydrogen) atoms. The normalized spacial score (nSPS) is 12.7. The van der Waals surface area contributed by atoms with Crippen LogP contribution in [0.2, 0.25) is 0 Å². The first-order valence-electron chi connectivity index (χ1n) is 28.9. The van der Waals surface area contributed by atoms with E-state index in [0.717, 1.165) is 107 Å². The summed E-state index contributed by atoms with van der Waals surface area (Å²) in [7, 11) is 0. The lowest BCUT2D eigenvalue weighted by atomic mass is 9.34. The highest BCUT2D eigenvalue weighted by Gasteiger charge is 2.43. The van der Waals surface area contributed by atoms with E-state index >= 15 is 0 Å². The van der Waals surface area contributed by atoms with Crippen molar-refractivity contribution in [1.82, 2.24) is 0 Å². The molecule has 0 saturated heterocycles. The molecule has 8 heteroatoms. The molecule has 0 fully saturated rings. The van der Waals surface area contributed by atoms with Crippen LogP contribution in [0.5, 0.6) is 11.5 Å². The Kier molecular flexibility index (Phi) is 11.8. The van der Waals surface area contributed by atoms with Crippen LogP contribution in [-0.4, -0.2) is 6.71 Å². The van der Waals surface area contributed by atoms with Crippen LogP contribution in [0.25, 0.3) is 53.2 Å². The number of anilines is 9. The van der Waals surface area contributed by atoms with Crippen LogP contribution in [0, 0.1) is 18.3 Å². The van der Waals surface area contributed by atoms with Crippen molar-refractivity contribution in [1.29, 1.82) is 5.26 Å². The number of nitrogens with zero attached hydrogens (tertiary/aromatic N) is 4. The maximum absolute atomic E-state index is 9.94. The first kappa shape index (κ1) is 51.1. The number of benzene rings is 11. The summed E-state index contributed by atoms with van der Waals surface area (Å²) in [6.45, 7) is 15.9. The van der Waals surface area contributed by atoms with Gasteiger partial charge in [-0.25, -0.2) is 0 Å². The molecule has 0 radical (unpaired) electrons. The van der Waals surface area contributed by atoms with E-state index in [9.17, 15) is 5.26 Å². The summed E-state index contributed by atoms with van der Waals surface area (Å²) in [6.07, 6.45) is 0. The van der Waals surface area contributed by atoms with E-state index in [-0.39, 0.29) is 17.5 Å². The quantitative estimate of drug-likeness (QED) is 0.141. The lowest BCUT2D eigenvalue weighted by Crippen LogP contribution is -2.59. The van der Waals surface area contributed by atoms with Crippen LogP contribution in [0.3, 0.4) is 0 Å². The monoisotopic (exact) mass is 1100 g/mol. The fourth-order valence-corrected chi connectivity index (χ4v) is 14.0. The maximum Gasteiger partial charge on any atom is 0.256 e. The molecule has 0 bridgehead atoms. The van der Waals surface area contributed by atoms with E-state index in [0.29, 0.717) is 5.56 Å². The number of fused-ring (bicyclic) bond motifs is 11. The van der Waals surface area contributed by atoms with Crippen molar-refractivity contribution in [2.24, 2.45) is 0 Å². The van der Waals surface area contributed by atoms with Gasteiger partial charge in [-0.05, 0) is 189 Å². The molecule has 2 aromatic heterocycles. The molecule has 11 aromatic carbocycles. The number of hydrogen-bond acceptors (Lipinski definition) is 7. The zero-order chi connectivity index (χ0) is 57.2. The Morgan fingerprint density at radius 1 is 0.476 bits per heavy atom. The molecule has 0 aliphatic carbocycles. The lowest BCUT2D eigenvalue weighted by Gasteiger charge is -2.42. The molecule has 0 atom stereocenters. The first-order chi connectivity index (χ1) is 40.7. The molecule has 15 rings (SSSR count). The summed E-state index contributed by atoms with van der Waals surface area (Å²) in [5, 5.41) is 14.7. The van der Waals surface area contributed by atoms with Gasteiger partial charge < -0.3 is 23.9 Å². The van der Waals surface area contributed by atoms with Crippen LogP contribution in [0.4, 0.5) is 51.2 Å². The number of para-hydroxylation sites is 3. The number of aryl methyl sites for hydroxylation is 1. The second kappa shape index (κ2) is 19.4. The van der Waals surface area contributed by atoms with E-state index in [2.05, 4.69) is 275 Å². The predicted octanol–water partition coefficient (Wildman–Crippen LogP) is 19.7. The largest absolute Gasteiger partial charge is 0.458 e. The molecule has 0 unspecified atom stereocenters. The number of ether oxygens (including phenoxy) is 1. The molecule has 13 aromatic rings. The number of nitriles is 1. The topological polar surface area (TPSA) is 55.9 Å². The summed E-state index contributed by atoms with van der Waals surface area (Å²) in [5.74, 6) is 1.62. The van der Waals surface area contributed by atoms with Crippen molar-refractivity contribution >= 4 is 128 Å². The van der Waals surface area contributed by atoms with Crippen LogP contribution in [0.1, 0.15) is 63.8 Å². The van der Waals surface area contributed by atoms with E-state index in [1.54, 1.807) is 0 Å². The number of thiophene rings is 1. The van der Waals surface area contributed by atoms with Crippen molar-refractivity contribution in [3.63, 3.8) is 0 Å². The summed E-state index contributed by atoms with van der Waals surface area (Å²) in [6, 6.07) is 85.3. The molecule has 0 spiro atoms. The lowest BCUT2D eigenvalue weighted by molar-refractivity contribution is 0.488. The first-order valence-corrected chi connectivity index (χ1v) is 29.7. The molecule has 404 valence electrons. The summed E-state index contributed by atoms with van der Waals surface area (Å²) in [5.41, 5.74) is 20.5. The summed E-state index contributed by atoms with van der Waals surface area (Å²) in [4.78, 5) is 7.13. The van der Waals surface area contributed by atoms with E-state index in [4.69, 9.17) is 9.15 Å². The summed E-state index contributed by atoms with van der Waals surface area (Å²) >= 11 is 1.85. The SMILES string of the molecule is Cc1cccc2c1sc1ccc3oc4ccc(-c5cc6c7c(c5)N(c5cc(C(C)(C)C)cc(C(C)(C)C)c5)c5cc(N(c8ccccc8)c8ccc(C#N)cc8)ccc5B7c5ccc(N(c7ccccc7)c7ccccc7)cc5O6)cc4c3c12. The smallest absolute Gasteiger partial charge is 0.256 e. The molecule has 2 aliphatic heterocycles. The molecule has 2 aliphatic rings. The minimum Gasteiger partial charge on any atom is -0.458 e. The average molecular weight is 1100 g/mol. The molecule has 4 heterocycles. The predicted molar refractivity (Wildman–Crippen MR) is 354 cm³/mol. The Balaban J connectivity index is 1.02. The Hall–Kier alpha value is -9.81. The van der Waals surface area contributed by atoms with Gasteiger partial charge in [-0.15, -0.1) is 11.3 Å². The number of hydrogen-bond donors (Lipinski definition) is 0. The van der Waals surface area contributed by atoms with Gasteiger partial charge in [0.15, 0.2) is 0 Å². The van der Waals surface area contributed by atoms with Gasteiger partial charge in [-0.3, -0.25) is 0 Å². The van der Waals surface area contributed by atoms with Gasteiger partial charge in [0.05, 0.1) is 11.6 Å². The van der Waals surface area contributed by atoms with Crippen molar-refractivity contribution in [3.05, 3.63) is 253 Å². The van der Waals surface area contributed by atoms with Crippen molar-refractivity contribution < 1.29 is 9.15 Å². The molecule has 6 nitrogen and oxygen atoms in total. The molecule has 0 saturated carbocycles. The maximum atomic E-state index is 9.94. The average Bonchev–Trinajstić information content (AvgIpc) is 1.11. The third-order valence-corrected chi connectivity index (χ3v) is 18.4. The Morgan fingerprint density at radius 3 is 1.70 bits per heavy atom. The Labute approximate surface area is 494 Å². The van der Waals surface area contributed by atoms with Crippen LogP contribution < -0.4 is 35.8 Å². The minimum absolute atomic E-state index is 0.159. The highest BCUT2D eigenvalue weighted by Crippen LogP contribution is 2.50. The Bertz CT molecular complexity index is 4750. The van der Waals surface area contributed by atoms with Crippen molar-refractivity contribution in [2.45, 2.75) is 59.3 Å². The molecular weight excluding hydrogens is 1040 g/mol. The van der Waals surface area contributed by atoms with Crippen molar-refractivity contribution in [2.75, 3.05) is 14.7 Å². The fourth-order valence-electron chi connectivity index (χ4n) is 12.8. The third-order valence-electron chi connectivity index (χ3n) is 17.1. The van der Waals surface area contributed by atoms with E-state index in [1.807, 2.05) is 35.6 Å². The second-order valence-corrected chi connectivity index (χ2v) is 25.6. The highest BCUT2D eigenvalue weighted by molar-refractivity contribution is 7.26. The minimum atomic E-state index is -0.207. The highest BCUT2D eigenvalue weighted by atomic mass is 32.1. The Morgan fingerprint density at radius 2 is 1.07 bits per heavy atom. The number of rotatable bonds is 8. The van der Waals surface area contributed by atoms with Gasteiger partial charge in [0.1, 0.15) is 22.7 Å². The van der Waals surface area contributed by atoms with Crippen LogP contribution in [-0.2, 0) is 10.8 Å². The van der Waals surface area contributed by atoms with Gasteiger partial charge in [-0.2, -0.15) is 5.26 Å². The third kappa shape index (κ3) is 8.44. The fraction of sp³-hybridized carbons (Fsp3) is 0.118. The van der Waals surface area contributed by atoms with Gasteiger partial charge >= 0.3 is 0 Å². The molecular formula is C76H59BN4O2S. The zero-order valence-corrected chi connectivity index (χ0v) is 48.8. The second-order valence-electron chi connectivity index (χ2n) is 24.5. The van der Waals surface area contributed by atoms with Crippen molar-refractivity contribution in [3.8, 4) is 28.7 Å². The van der Waals surface area contributed by atoms with Gasteiger partial charge in [0.25, 0.3) is 6.71 Å². The van der Waals surface area contributed by atoms with Crippen LogP contribution in [0.15, 0.2) is 235 Å². The van der Waals surface area contributed by atoms with Gasteiger partial charge in [-0.1, -0.05) is 139 Å². The van der Waals surface area contributed by atoms with Gasteiger partial charge in [0.2, 0.25) is 0 Å². The number of furan rings is 1. The van der Waals surface area contributed by atoms with Gasteiger partial charge in [0, 0.05) is 88.2 Å². The molecule has 0 amide bonds. The van der Waals surface area contributed by atoms with E-state index in [1.165, 1.54) is 42.3 Å². The summed E-state index contributed by atoms with van der Waals surface area (Å²) < 4.78 is 16.8. The zero-order valence-electron chi connectivity index (χ0n) is 48.0. The van der Waals surface area contributed by atoms with E-state index < -0.39 is 0 Å². The van der Waals surface area contributed by atoms with Crippen LogP contribution >= 0.6 is 11.3 Å².